The van der Waals surface area contributed by atoms with Crippen molar-refractivity contribution in [3.05, 3.63) is 33.8 Å². The number of aliphatic carboxylic acids is 1. The van der Waals surface area contributed by atoms with Gasteiger partial charge in [-0.15, -0.1) is 0 Å². The van der Waals surface area contributed by atoms with Crippen LogP contribution in [0.25, 0.3) is 0 Å². The van der Waals surface area contributed by atoms with Gasteiger partial charge in [-0.1, -0.05) is 23.2 Å². The lowest BCUT2D eigenvalue weighted by Crippen LogP contribution is -2.31. The second-order valence-corrected chi connectivity index (χ2v) is 6.63. The molecule has 0 atom stereocenters. The summed E-state index contributed by atoms with van der Waals surface area (Å²) >= 11 is 11.6. The summed E-state index contributed by atoms with van der Waals surface area (Å²) in [5.74, 6) is -2.34. The van der Waals surface area contributed by atoms with Crippen molar-refractivity contribution in [3.63, 3.8) is 0 Å². The first-order chi connectivity index (χ1) is 8.20. The molecular weight excluding hydrogens is 301 g/mol. The molecule has 18 heavy (non-hydrogen) atoms. The van der Waals surface area contributed by atoms with Crippen molar-refractivity contribution < 1.29 is 18.3 Å². The molecule has 0 fully saturated rings. The molecule has 0 aliphatic rings. The summed E-state index contributed by atoms with van der Waals surface area (Å²) in [7, 11) is -2.54. The van der Waals surface area contributed by atoms with Crippen molar-refractivity contribution in [1.82, 2.24) is 4.31 Å². The Hall–Kier alpha value is -0.820. The molecular formula is C10H11Cl2NO4S. The average Bonchev–Trinajstić information content (AvgIpc) is 2.13. The van der Waals surface area contributed by atoms with E-state index in [1.165, 1.54) is 13.1 Å². The van der Waals surface area contributed by atoms with Gasteiger partial charge in [0.25, 0.3) is 0 Å². The Labute approximate surface area is 115 Å². The maximum atomic E-state index is 11.6. The van der Waals surface area contributed by atoms with Crippen molar-refractivity contribution in [1.29, 1.82) is 0 Å². The number of sulfonamides is 1. The van der Waals surface area contributed by atoms with Crippen molar-refractivity contribution in [2.24, 2.45) is 0 Å². The van der Waals surface area contributed by atoms with E-state index in [4.69, 9.17) is 28.3 Å². The normalized spacial score (nSPS) is 11.8. The minimum atomic E-state index is -3.84. The van der Waals surface area contributed by atoms with Gasteiger partial charge in [0, 0.05) is 23.6 Å². The number of rotatable bonds is 5. The molecule has 8 heteroatoms. The van der Waals surface area contributed by atoms with Crippen LogP contribution in [0.3, 0.4) is 0 Å². The SMILES string of the molecule is CN(Cc1cc(Cl)cc(Cl)c1)S(=O)(=O)CC(=O)O. The largest absolute Gasteiger partial charge is 0.480 e. The van der Waals surface area contributed by atoms with Gasteiger partial charge < -0.3 is 5.11 Å². The molecule has 0 amide bonds. The van der Waals surface area contributed by atoms with Crippen LogP contribution < -0.4 is 0 Å². The van der Waals surface area contributed by atoms with Crippen LogP contribution in [0.5, 0.6) is 0 Å². The molecule has 1 rings (SSSR count). The summed E-state index contributed by atoms with van der Waals surface area (Å²) < 4.78 is 24.1. The van der Waals surface area contributed by atoms with E-state index in [0.29, 0.717) is 15.6 Å². The van der Waals surface area contributed by atoms with E-state index < -0.39 is 21.7 Å². The maximum absolute atomic E-state index is 11.6. The molecule has 0 saturated heterocycles. The Balaban J connectivity index is 2.87. The third-order valence-corrected chi connectivity index (χ3v) is 4.24. The van der Waals surface area contributed by atoms with Gasteiger partial charge in [0.1, 0.15) is 0 Å². The molecule has 100 valence electrons. The van der Waals surface area contributed by atoms with Crippen molar-refractivity contribution >= 4 is 39.2 Å². The number of benzene rings is 1. The molecule has 0 spiro atoms. The zero-order valence-electron chi connectivity index (χ0n) is 9.43. The van der Waals surface area contributed by atoms with Gasteiger partial charge in [0.15, 0.2) is 5.75 Å². The second-order valence-electron chi connectivity index (χ2n) is 3.68. The summed E-state index contributed by atoms with van der Waals surface area (Å²) in [6.45, 7) is 0.00981. The lowest BCUT2D eigenvalue weighted by Gasteiger charge is -2.16. The molecule has 0 unspecified atom stereocenters. The fourth-order valence-corrected chi connectivity index (χ4v) is 2.77. The number of halogens is 2. The molecule has 0 aliphatic heterocycles. The van der Waals surface area contributed by atoms with Gasteiger partial charge in [0.05, 0.1) is 0 Å². The maximum Gasteiger partial charge on any atom is 0.320 e. The molecule has 0 saturated carbocycles. The van der Waals surface area contributed by atoms with Crippen LogP contribution in [-0.4, -0.2) is 36.6 Å². The van der Waals surface area contributed by atoms with E-state index in [1.54, 1.807) is 12.1 Å². The summed E-state index contributed by atoms with van der Waals surface area (Å²) in [4.78, 5) is 10.4. The smallest absolute Gasteiger partial charge is 0.320 e. The van der Waals surface area contributed by atoms with E-state index in [2.05, 4.69) is 0 Å². The molecule has 0 bridgehead atoms. The van der Waals surface area contributed by atoms with Crippen molar-refractivity contribution in [2.75, 3.05) is 12.8 Å². The Morgan fingerprint density at radius 3 is 2.22 bits per heavy atom. The Kier molecular flexibility index (Phi) is 4.98. The third-order valence-electron chi connectivity index (χ3n) is 2.11. The minimum Gasteiger partial charge on any atom is -0.480 e. The molecule has 0 aliphatic carbocycles. The van der Waals surface area contributed by atoms with Crippen LogP contribution >= 0.6 is 23.2 Å². The van der Waals surface area contributed by atoms with E-state index in [9.17, 15) is 13.2 Å². The number of nitrogens with zero attached hydrogens (tertiary/aromatic N) is 1. The molecule has 0 aromatic heterocycles. The number of carbonyl (C=O) groups is 1. The van der Waals surface area contributed by atoms with Crippen molar-refractivity contribution in [2.45, 2.75) is 6.54 Å². The molecule has 0 radical (unpaired) electrons. The lowest BCUT2D eigenvalue weighted by molar-refractivity contribution is -0.134. The first-order valence-electron chi connectivity index (χ1n) is 4.81. The molecule has 1 N–H and O–H groups in total. The first-order valence-corrected chi connectivity index (χ1v) is 7.18. The average molecular weight is 312 g/mol. The standard InChI is InChI=1S/C10H11Cl2NO4S/c1-13(18(16,17)6-10(14)15)5-7-2-8(11)4-9(12)3-7/h2-4H,5-6H2,1H3,(H,14,15). The Morgan fingerprint density at radius 2 is 1.78 bits per heavy atom. The Bertz CT molecular complexity index is 539. The Morgan fingerprint density at radius 1 is 1.28 bits per heavy atom. The van der Waals surface area contributed by atoms with Gasteiger partial charge in [-0.2, -0.15) is 0 Å². The fraction of sp³-hybridized carbons (Fsp3) is 0.300. The third kappa shape index (κ3) is 4.45. The monoisotopic (exact) mass is 311 g/mol. The van der Waals surface area contributed by atoms with Gasteiger partial charge in [-0.25, -0.2) is 12.7 Å². The van der Waals surface area contributed by atoms with E-state index in [0.717, 1.165) is 4.31 Å². The lowest BCUT2D eigenvalue weighted by atomic mass is 10.2. The van der Waals surface area contributed by atoms with Crippen LogP contribution in [0.1, 0.15) is 5.56 Å². The summed E-state index contributed by atoms with van der Waals surface area (Å²) in [6, 6.07) is 4.67. The quantitative estimate of drug-likeness (QED) is 0.900. The number of hydrogen-bond donors (Lipinski definition) is 1. The van der Waals surface area contributed by atoms with Crippen LogP contribution in [0.2, 0.25) is 10.0 Å². The predicted molar refractivity (Wildman–Crippen MR) is 69.4 cm³/mol. The van der Waals surface area contributed by atoms with E-state index >= 15 is 0 Å². The second kappa shape index (κ2) is 5.88. The van der Waals surface area contributed by atoms with Crippen LogP contribution in [0, 0.1) is 0 Å². The van der Waals surface area contributed by atoms with Crippen LogP contribution in [-0.2, 0) is 21.4 Å². The van der Waals surface area contributed by atoms with Crippen LogP contribution in [0.15, 0.2) is 18.2 Å². The zero-order chi connectivity index (χ0) is 13.9. The first kappa shape index (κ1) is 15.2. The highest BCUT2D eigenvalue weighted by atomic mass is 35.5. The van der Waals surface area contributed by atoms with Gasteiger partial charge in [-0.05, 0) is 23.8 Å². The summed E-state index contributed by atoms with van der Waals surface area (Å²) in [5, 5.41) is 9.28. The summed E-state index contributed by atoms with van der Waals surface area (Å²) in [5.41, 5.74) is 0.587. The molecule has 5 nitrogen and oxygen atoms in total. The summed E-state index contributed by atoms with van der Waals surface area (Å²) in [6.07, 6.45) is 0. The fourth-order valence-electron chi connectivity index (χ4n) is 1.32. The number of carboxylic acids is 1. The highest BCUT2D eigenvalue weighted by Crippen LogP contribution is 2.20. The highest BCUT2D eigenvalue weighted by molar-refractivity contribution is 7.89. The van der Waals surface area contributed by atoms with Gasteiger partial charge in [-0.3, -0.25) is 4.79 Å². The zero-order valence-corrected chi connectivity index (χ0v) is 11.8. The van der Waals surface area contributed by atoms with Gasteiger partial charge in [0.2, 0.25) is 10.0 Å². The highest BCUT2D eigenvalue weighted by Gasteiger charge is 2.21. The predicted octanol–water partition coefficient (Wildman–Crippen LogP) is 1.84. The van der Waals surface area contributed by atoms with E-state index in [-0.39, 0.29) is 6.54 Å². The molecule has 1 aromatic carbocycles. The minimum absolute atomic E-state index is 0.00981. The molecule has 0 heterocycles. The van der Waals surface area contributed by atoms with Crippen LogP contribution in [0.4, 0.5) is 0 Å². The van der Waals surface area contributed by atoms with E-state index in [1.807, 2.05) is 0 Å². The number of carboxylic acid groups (broad SMARTS) is 1. The molecule has 1 aromatic rings. The number of hydrogen-bond acceptors (Lipinski definition) is 3. The van der Waals surface area contributed by atoms with Crippen molar-refractivity contribution in [3.8, 4) is 0 Å². The van der Waals surface area contributed by atoms with Gasteiger partial charge >= 0.3 is 5.97 Å². The topological polar surface area (TPSA) is 74.7 Å².